The number of amides is 1. The Morgan fingerprint density at radius 2 is 1.84 bits per heavy atom. The predicted octanol–water partition coefficient (Wildman–Crippen LogP) is 3.46. The number of nitrogens with one attached hydrogen (secondary N) is 1. The average Bonchev–Trinajstić information content (AvgIpc) is 2.69. The molecule has 1 aliphatic rings. The fraction of sp³-hybridized carbons (Fsp3) is 0. The minimum absolute atomic E-state index is 0.264. The van der Waals surface area contributed by atoms with Crippen molar-refractivity contribution in [1.82, 2.24) is 0 Å². The molecule has 0 atom stereocenters. The predicted molar refractivity (Wildman–Crippen MR) is 69.3 cm³/mol. The fourth-order valence-electron chi connectivity index (χ4n) is 2.05. The summed E-state index contributed by atoms with van der Waals surface area (Å²) in [6, 6.07) is 10.1. The number of rotatable bonds is 1. The number of anilines is 1. The summed E-state index contributed by atoms with van der Waals surface area (Å²) in [5.74, 6) is -1.22. The van der Waals surface area contributed by atoms with Crippen LogP contribution in [-0.2, 0) is 4.79 Å². The van der Waals surface area contributed by atoms with Gasteiger partial charge in [-0.25, -0.2) is 8.78 Å². The lowest BCUT2D eigenvalue weighted by Gasteiger charge is -2.00. The highest BCUT2D eigenvalue weighted by Gasteiger charge is 2.24. The largest absolute Gasteiger partial charge is 0.321 e. The van der Waals surface area contributed by atoms with Crippen molar-refractivity contribution >= 4 is 23.2 Å². The third kappa shape index (κ3) is 2.01. The highest BCUT2D eigenvalue weighted by atomic mass is 19.1. The Morgan fingerprint density at radius 3 is 2.63 bits per heavy atom. The zero-order valence-corrected chi connectivity index (χ0v) is 9.78. The van der Waals surface area contributed by atoms with E-state index >= 15 is 0 Å². The molecule has 4 heteroatoms. The number of hydrogen-bond donors (Lipinski definition) is 1. The highest BCUT2D eigenvalue weighted by molar-refractivity contribution is 6.34. The van der Waals surface area contributed by atoms with E-state index in [-0.39, 0.29) is 11.5 Å². The number of fused-ring (bicyclic) bond motifs is 1. The summed E-state index contributed by atoms with van der Waals surface area (Å²) in [6.45, 7) is 0. The van der Waals surface area contributed by atoms with Crippen molar-refractivity contribution in [2.75, 3.05) is 5.32 Å². The van der Waals surface area contributed by atoms with Crippen LogP contribution >= 0.6 is 0 Å². The normalized spacial score (nSPS) is 15.5. The Bertz CT molecular complexity index is 707. The van der Waals surface area contributed by atoms with E-state index < -0.39 is 11.6 Å². The van der Waals surface area contributed by atoms with Gasteiger partial charge >= 0.3 is 0 Å². The molecule has 0 unspecified atom stereocenters. The van der Waals surface area contributed by atoms with Crippen molar-refractivity contribution in [3.05, 3.63) is 65.2 Å². The lowest BCUT2D eigenvalue weighted by atomic mass is 10.0. The zero-order chi connectivity index (χ0) is 13.4. The highest BCUT2D eigenvalue weighted by Crippen LogP contribution is 2.33. The molecule has 3 rings (SSSR count). The summed E-state index contributed by atoms with van der Waals surface area (Å²) in [7, 11) is 0. The summed E-state index contributed by atoms with van der Waals surface area (Å²) >= 11 is 0. The summed E-state index contributed by atoms with van der Waals surface area (Å²) in [4.78, 5) is 11.8. The quantitative estimate of drug-likeness (QED) is 0.779. The molecular formula is C15H9F2NO. The maximum atomic E-state index is 13.6. The van der Waals surface area contributed by atoms with Crippen molar-refractivity contribution in [2.24, 2.45) is 0 Å². The number of hydrogen-bond acceptors (Lipinski definition) is 1. The molecule has 19 heavy (non-hydrogen) atoms. The van der Waals surface area contributed by atoms with Crippen LogP contribution in [0.5, 0.6) is 0 Å². The molecule has 0 aliphatic carbocycles. The first-order valence-corrected chi connectivity index (χ1v) is 5.72. The van der Waals surface area contributed by atoms with Gasteiger partial charge in [-0.3, -0.25) is 4.79 Å². The molecular weight excluding hydrogens is 248 g/mol. The third-order valence-electron chi connectivity index (χ3n) is 2.97. The van der Waals surface area contributed by atoms with E-state index in [4.69, 9.17) is 0 Å². The van der Waals surface area contributed by atoms with Crippen molar-refractivity contribution in [2.45, 2.75) is 0 Å². The standard InChI is InChI=1S/C15H9F2NO/c16-10-5-6-14-11(8-10)12(15(19)18-14)7-9-3-1-2-4-13(9)17/h1-8H,(H,18,19). The van der Waals surface area contributed by atoms with Gasteiger partial charge < -0.3 is 5.32 Å². The molecule has 0 saturated carbocycles. The van der Waals surface area contributed by atoms with Crippen molar-refractivity contribution < 1.29 is 13.6 Å². The summed E-state index contributed by atoms with van der Waals surface area (Å²) in [6.07, 6.45) is 1.43. The third-order valence-corrected chi connectivity index (χ3v) is 2.97. The van der Waals surface area contributed by atoms with Gasteiger partial charge in [-0.15, -0.1) is 0 Å². The molecule has 1 aliphatic heterocycles. The Kier molecular flexibility index (Phi) is 2.63. The van der Waals surface area contributed by atoms with Gasteiger partial charge in [-0.1, -0.05) is 18.2 Å². The first-order valence-electron chi connectivity index (χ1n) is 5.72. The molecule has 94 valence electrons. The van der Waals surface area contributed by atoms with Crippen LogP contribution in [0.15, 0.2) is 42.5 Å². The molecule has 0 aromatic heterocycles. The zero-order valence-electron chi connectivity index (χ0n) is 9.78. The van der Waals surface area contributed by atoms with E-state index in [1.165, 1.54) is 30.3 Å². The smallest absolute Gasteiger partial charge is 0.256 e. The Morgan fingerprint density at radius 1 is 1.05 bits per heavy atom. The minimum Gasteiger partial charge on any atom is -0.321 e. The molecule has 0 bridgehead atoms. The summed E-state index contributed by atoms with van der Waals surface area (Å²) < 4.78 is 26.8. The Balaban J connectivity index is 2.14. The maximum absolute atomic E-state index is 13.6. The van der Waals surface area contributed by atoms with Gasteiger partial charge in [0.05, 0.1) is 0 Å². The second-order valence-corrected chi connectivity index (χ2v) is 4.22. The molecule has 1 N–H and O–H groups in total. The molecule has 2 aromatic carbocycles. The Hall–Kier alpha value is -2.49. The molecule has 0 fully saturated rings. The van der Waals surface area contributed by atoms with E-state index in [0.717, 1.165) is 0 Å². The van der Waals surface area contributed by atoms with Crippen molar-refractivity contribution in [3.8, 4) is 0 Å². The topological polar surface area (TPSA) is 29.1 Å². The van der Waals surface area contributed by atoms with Crippen LogP contribution in [0.3, 0.4) is 0 Å². The van der Waals surface area contributed by atoms with Gasteiger partial charge in [-0.05, 0) is 30.3 Å². The molecule has 0 saturated heterocycles. The van der Waals surface area contributed by atoms with E-state index in [0.29, 0.717) is 16.8 Å². The fourth-order valence-corrected chi connectivity index (χ4v) is 2.05. The van der Waals surface area contributed by atoms with Crippen molar-refractivity contribution in [1.29, 1.82) is 0 Å². The average molecular weight is 257 g/mol. The van der Waals surface area contributed by atoms with Gasteiger partial charge in [0.25, 0.3) is 5.91 Å². The van der Waals surface area contributed by atoms with E-state index in [9.17, 15) is 13.6 Å². The van der Waals surface area contributed by atoms with E-state index in [1.807, 2.05) is 0 Å². The van der Waals surface area contributed by atoms with Crippen molar-refractivity contribution in [3.63, 3.8) is 0 Å². The maximum Gasteiger partial charge on any atom is 0.256 e. The molecule has 2 aromatic rings. The molecule has 1 amide bonds. The summed E-state index contributed by atoms with van der Waals surface area (Å²) in [5, 5.41) is 2.62. The van der Waals surface area contributed by atoms with Crippen LogP contribution in [0.2, 0.25) is 0 Å². The van der Waals surface area contributed by atoms with Crippen LogP contribution in [0.25, 0.3) is 11.6 Å². The van der Waals surface area contributed by atoms with Crippen LogP contribution < -0.4 is 5.32 Å². The van der Waals surface area contributed by atoms with Gasteiger partial charge in [0.1, 0.15) is 11.6 Å². The lowest BCUT2D eigenvalue weighted by molar-refractivity contribution is -0.110. The van der Waals surface area contributed by atoms with Gasteiger partial charge in [0.2, 0.25) is 0 Å². The molecule has 0 spiro atoms. The first kappa shape index (κ1) is 11.6. The number of carbonyl (C=O) groups is 1. The number of halogens is 2. The lowest BCUT2D eigenvalue weighted by Crippen LogP contribution is -2.03. The van der Waals surface area contributed by atoms with Crippen LogP contribution in [0, 0.1) is 11.6 Å². The molecule has 2 nitrogen and oxygen atoms in total. The SMILES string of the molecule is O=C1Nc2ccc(F)cc2C1=Cc1ccccc1F. The van der Waals surface area contributed by atoms with E-state index in [1.54, 1.807) is 18.2 Å². The second kappa shape index (κ2) is 4.31. The van der Waals surface area contributed by atoms with Gasteiger partial charge in [0.15, 0.2) is 0 Å². The van der Waals surface area contributed by atoms with Gasteiger partial charge in [-0.2, -0.15) is 0 Å². The van der Waals surface area contributed by atoms with Crippen LogP contribution in [-0.4, -0.2) is 5.91 Å². The minimum atomic E-state index is -0.435. The molecule has 0 radical (unpaired) electrons. The Labute approximate surface area is 108 Å². The van der Waals surface area contributed by atoms with Gasteiger partial charge in [0, 0.05) is 22.4 Å². The van der Waals surface area contributed by atoms with E-state index in [2.05, 4.69) is 5.32 Å². The van der Waals surface area contributed by atoms with Crippen LogP contribution in [0.1, 0.15) is 11.1 Å². The number of benzene rings is 2. The second-order valence-electron chi connectivity index (χ2n) is 4.22. The van der Waals surface area contributed by atoms with Crippen LogP contribution in [0.4, 0.5) is 14.5 Å². The molecule has 1 heterocycles. The first-order chi connectivity index (χ1) is 9.15. The number of carbonyl (C=O) groups excluding carboxylic acids is 1. The monoisotopic (exact) mass is 257 g/mol. The summed E-state index contributed by atoms with van der Waals surface area (Å²) in [5.41, 5.74) is 1.55.